The van der Waals surface area contributed by atoms with Crippen LogP contribution in [0.2, 0.25) is 0 Å². The molecule has 1 unspecified atom stereocenters. The minimum Gasteiger partial charge on any atom is -0.454 e. The van der Waals surface area contributed by atoms with Gasteiger partial charge in [-0.15, -0.1) is 0 Å². The minimum atomic E-state index is -0.501. The molecule has 0 spiro atoms. The Morgan fingerprint density at radius 3 is 2.77 bits per heavy atom. The third kappa shape index (κ3) is 5.72. The van der Waals surface area contributed by atoms with E-state index < -0.39 is 6.09 Å². The lowest BCUT2D eigenvalue weighted by atomic mass is 10.1. The molecule has 0 N–H and O–H groups in total. The number of carbonyl (C=O) groups is 2. The molecule has 1 amide bonds. The van der Waals surface area contributed by atoms with E-state index in [1.54, 1.807) is 16.7 Å². The van der Waals surface area contributed by atoms with Crippen LogP contribution < -0.4 is 9.47 Å². The highest BCUT2D eigenvalue weighted by molar-refractivity contribution is 7.98. The van der Waals surface area contributed by atoms with Gasteiger partial charge in [0.25, 0.3) is 0 Å². The van der Waals surface area contributed by atoms with Crippen molar-refractivity contribution in [2.24, 2.45) is 0 Å². The van der Waals surface area contributed by atoms with Crippen LogP contribution in [0.5, 0.6) is 11.5 Å². The fraction of sp³-hybridized carbons (Fsp3) is 0.556. The highest BCUT2D eigenvalue weighted by Gasteiger charge is 2.22. The van der Waals surface area contributed by atoms with Gasteiger partial charge < -0.3 is 23.8 Å². The molecular weight excluding hydrogens is 358 g/mol. The first kappa shape index (κ1) is 20.2. The first-order valence-electron chi connectivity index (χ1n) is 8.51. The summed E-state index contributed by atoms with van der Waals surface area (Å²) in [6.45, 7) is 4.18. The number of rotatable bonds is 9. The first-order chi connectivity index (χ1) is 12.5. The van der Waals surface area contributed by atoms with Crippen LogP contribution in [0.15, 0.2) is 18.2 Å². The lowest BCUT2D eigenvalue weighted by molar-refractivity contribution is -0.151. The molecule has 1 heterocycles. The maximum atomic E-state index is 12.3. The molecule has 1 aliphatic rings. The van der Waals surface area contributed by atoms with Gasteiger partial charge in [-0.05, 0) is 44.2 Å². The van der Waals surface area contributed by atoms with Crippen molar-refractivity contribution >= 4 is 23.8 Å². The van der Waals surface area contributed by atoms with Gasteiger partial charge in [0.1, 0.15) is 0 Å². The van der Waals surface area contributed by atoms with E-state index in [1.807, 2.05) is 38.3 Å². The number of carbonyl (C=O) groups excluding carboxylic acids is 2. The van der Waals surface area contributed by atoms with Crippen LogP contribution in [0, 0.1) is 0 Å². The molecule has 0 saturated heterocycles. The average Bonchev–Trinajstić information content (AvgIpc) is 3.08. The van der Waals surface area contributed by atoms with Crippen molar-refractivity contribution in [1.82, 2.24) is 4.90 Å². The van der Waals surface area contributed by atoms with E-state index in [1.165, 1.54) is 0 Å². The Kier molecular flexibility index (Phi) is 7.90. The van der Waals surface area contributed by atoms with Crippen LogP contribution in [-0.2, 0) is 20.7 Å². The fourth-order valence-corrected chi connectivity index (χ4v) is 3.00. The second kappa shape index (κ2) is 10.2. The molecule has 8 heteroatoms. The van der Waals surface area contributed by atoms with E-state index in [4.69, 9.17) is 18.9 Å². The zero-order valence-electron chi connectivity index (χ0n) is 15.4. The van der Waals surface area contributed by atoms with E-state index in [2.05, 4.69) is 0 Å². The van der Waals surface area contributed by atoms with Gasteiger partial charge in [0, 0.05) is 18.3 Å². The Morgan fingerprint density at radius 1 is 1.27 bits per heavy atom. The van der Waals surface area contributed by atoms with E-state index in [9.17, 15) is 9.59 Å². The van der Waals surface area contributed by atoms with Gasteiger partial charge in [-0.1, -0.05) is 6.07 Å². The standard InChI is InChI=1S/C18H25NO6S/c1-4-19(18(21)25-12-24-17(20)7-8-26-3)13(2)9-14-5-6-15-16(10-14)23-11-22-15/h5-6,10,13H,4,7-9,11-12H2,1-3H3. The van der Waals surface area contributed by atoms with Crippen LogP contribution in [0.3, 0.4) is 0 Å². The largest absolute Gasteiger partial charge is 0.454 e. The summed E-state index contributed by atoms with van der Waals surface area (Å²) in [4.78, 5) is 25.3. The van der Waals surface area contributed by atoms with Gasteiger partial charge in [0.2, 0.25) is 13.6 Å². The number of likely N-dealkylation sites (N-methyl/N-ethyl adjacent to an activating group) is 1. The number of ether oxygens (including phenoxy) is 4. The molecule has 0 radical (unpaired) electrons. The molecule has 1 aromatic carbocycles. The SMILES string of the molecule is CCN(C(=O)OCOC(=O)CCSC)C(C)Cc1ccc2c(c1)OCO2. The Hall–Kier alpha value is -2.09. The third-order valence-corrected chi connectivity index (χ3v) is 4.60. The number of hydrogen-bond acceptors (Lipinski definition) is 7. The molecule has 0 bridgehead atoms. The van der Waals surface area contributed by atoms with Crippen molar-refractivity contribution in [3.63, 3.8) is 0 Å². The van der Waals surface area contributed by atoms with Crippen LogP contribution in [0.4, 0.5) is 4.79 Å². The normalized spacial score (nSPS) is 13.2. The summed E-state index contributed by atoms with van der Waals surface area (Å²) in [5.41, 5.74) is 1.04. The molecule has 7 nitrogen and oxygen atoms in total. The van der Waals surface area contributed by atoms with E-state index in [-0.39, 0.29) is 25.6 Å². The highest BCUT2D eigenvalue weighted by atomic mass is 32.2. The summed E-state index contributed by atoms with van der Waals surface area (Å²) in [5.74, 6) is 1.76. The van der Waals surface area contributed by atoms with Gasteiger partial charge in [0.05, 0.1) is 6.42 Å². The zero-order chi connectivity index (χ0) is 18.9. The predicted octanol–water partition coefficient (Wildman–Crippen LogP) is 3.06. The lowest BCUT2D eigenvalue weighted by Gasteiger charge is -2.27. The zero-order valence-corrected chi connectivity index (χ0v) is 16.2. The number of amides is 1. The Morgan fingerprint density at radius 2 is 2.04 bits per heavy atom. The van der Waals surface area contributed by atoms with Crippen LogP contribution in [0.1, 0.15) is 25.8 Å². The maximum Gasteiger partial charge on any atom is 0.412 e. The second-order valence-corrected chi connectivity index (χ2v) is 6.80. The summed E-state index contributed by atoms with van der Waals surface area (Å²) < 4.78 is 20.7. The van der Waals surface area contributed by atoms with Crippen LogP contribution >= 0.6 is 11.8 Å². The Balaban J connectivity index is 1.82. The highest BCUT2D eigenvalue weighted by Crippen LogP contribution is 2.33. The van der Waals surface area contributed by atoms with Crippen LogP contribution in [-0.4, -0.2) is 55.1 Å². The summed E-state index contributed by atoms with van der Waals surface area (Å²) >= 11 is 1.56. The van der Waals surface area contributed by atoms with Gasteiger partial charge in [0.15, 0.2) is 11.5 Å². The molecule has 0 fully saturated rings. The van der Waals surface area contributed by atoms with E-state index in [0.29, 0.717) is 25.1 Å². The monoisotopic (exact) mass is 383 g/mol. The number of thioether (sulfide) groups is 1. The quantitative estimate of drug-likeness (QED) is 0.479. The van der Waals surface area contributed by atoms with Crippen molar-refractivity contribution in [2.75, 3.05) is 32.1 Å². The minimum absolute atomic E-state index is 0.0833. The maximum absolute atomic E-state index is 12.3. The number of benzene rings is 1. The summed E-state index contributed by atoms with van der Waals surface area (Å²) in [6, 6.07) is 5.66. The molecular formula is C18H25NO6S. The number of esters is 1. The van der Waals surface area contributed by atoms with Crippen molar-refractivity contribution in [2.45, 2.75) is 32.7 Å². The average molecular weight is 383 g/mol. The van der Waals surface area contributed by atoms with E-state index in [0.717, 1.165) is 17.1 Å². The fourth-order valence-electron chi connectivity index (χ4n) is 2.63. The number of hydrogen-bond donors (Lipinski definition) is 0. The van der Waals surface area contributed by atoms with Gasteiger partial charge in [-0.2, -0.15) is 11.8 Å². The molecule has 1 aliphatic heterocycles. The van der Waals surface area contributed by atoms with Crippen LogP contribution in [0.25, 0.3) is 0 Å². The molecule has 0 aliphatic carbocycles. The molecule has 26 heavy (non-hydrogen) atoms. The molecule has 2 rings (SSSR count). The van der Waals surface area contributed by atoms with Crippen molar-refractivity contribution in [3.8, 4) is 11.5 Å². The summed E-state index contributed by atoms with van der Waals surface area (Å²) in [7, 11) is 0. The summed E-state index contributed by atoms with van der Waals surface area (Å²) in [5, 5.41) is 0. The number of nitrogens with zero attached hydrogens (tertiary/aromatic N) is 1. The number of fused-ring (bicyclic) bond motifs is 1. The van der Waals surface area contributed by atoms with Gasteiger partial charge >= 0.3 is 12.1 Å². The molecule has 1 aromatic rings. The van der Waals surface area contributed by atoms with Gasteiger partial charge in [-0.25, -0.2) is 4.79 Å². The predicted molar refractivity (Wildman–Crippen MR) is 98.6 cm³/mol. The topological polar surface area (TPSA) is 74.3 Å². The smallest absolute Gasteiger partial charge is 0.412 e. The summed E-state index contributed by atoms with van der Waals surface area (Å²) in [6.07, 6.45) is 2.36. The van der Waals surface area contributed by atoms with E-state index >= 15 is 0 Å². The molecule has 0 aromatic heterocycles. The third-order valence-electron chi connectivity index (χ3n) is 3.99. The molecule has 1 atom stereocenters. The van der Waals surface area contributed by atoms with Gasteiger partial charge in [-0.3, -0.25) is 4.79 Å². The lowest BCUT2D eigenvalue weighted by Crippen LogP contribution is -2.40. The molecule has 0 saturated carbocycles. The first-order valence-corrected chi connectivity index (χ1v) is 9.91. The van der Waals surface area contributed by atoms with Crippen molar-refractivity contribution in [1.29, 1.82) is 0 Å². The van der Waals surface area contributed by atoms with Crippen molar-refractivity contribution < 1.29 is 28.5 Å². The Bertz CT molecular complexity index is 624. The molecule has 144 valence electrons. The second-order valence-electron chi connectivity index (χ2n) is 5.81. The Labute approximate surface area is 157 Å². The van der Waals surface area contributed by atoms with Crippen molar-refractivity contribution in [3.05, 3.63) is 23.8 Å².